The van der Waals surface area contributed by atoms with Crippen LogP contribution in [-0.4, -0.2) is 4.99 Å². The highest BCUT2D eigenvalue weighted by molar-refractivity contribution is 9.10. The van der Waals surface area contributed by atoms with Crippen molar-refractivity contribution < 1.29 is 0 Å². The minimum atomic E-state index is 0.121. The zero-order valence-electron chi connectivity index (χ0n) is 7.20. The van der Waals surface area contributed by atoms with Crippen LogP contribution in [0.2, 0.25) is 0 Å². The van der Waals surface area contributed by atoms with Crippen LogP contribution in [0.4, 0.5) is 0 Å². The van der Waals surface area contributed by atoms with Crippen molar-refractivity contribution in [2.24, 2.45) is 5.73 Å². The summed E-state index contributed by atoms with van der Waals surface area (Å²) in [4.78, 5) is 0.121. The molecule has 1 aromatic carbocycles. The van der Waals surface area contributed by atoms with Gasteiger partial charge in [0.2, 0.25) is 0 Å². The van der Waals surface area contributed by atoms with Gasteiger partial charge in [-0.15, -0.1) is 0 Å². The molecule has 2 nitrogen and oxygen atoms in total. The topological polar surface area (TPSA) is 49.8 Å². The van der Waals surface area contributed by atoms with Crippen LogP contribution in [0.5, 0.6) is 0 Å². The lowest BCUT2D eigenvalue weighted by molar-refractivity contribution is 1.51. The van der Waals surface area contributed by atoms with E-state index in [1.165, 1.54) is 0 Å². The molecule has 0 spiro atoms. The summed E-state index contributed by atoms with van der Waals surface area (Å²) in [5.74, 6) is 0. The second-order valence-electron chi connectivity index (χ2n) is 2.59. The average Bonchev–Trinajstić information content (AvgIpc) is 2.16. The Bertz CT molecular complexity index is 415. The van der Waals surface area contributed by atoms with Gasteiger partial charge in [0, 0.05) is 4.47 Å². The van der Waals surface area contributed by atoms with Crippen molar-refractivity contribution in [2.75, 3.05) is 0 Å². The molecule has 0 aliphatic rings. The highest BCUT2D eigenvalue weighted by atomic mass is 79.9. The Morgan fingerprint density at radius 3 is 2.43 bits per heavy atom. The lowest BCUT2D eigenvalue weighted by atomic mass is 10.1. The van der Waals surface area contributed by atoms with Gasteiger partial charge in [-0.1, -0.05) is 40.3 Å². The van der Waals surface area contributed by atoms with E-state index in [0.29, 0.717) is 5.57 Å². The van der Waals surface area contributed by atoms with Gasteiger partial charge in [-0.05, 0) is 23.8 Å². The minimum absolute atomic E-state index is 0.121. The van der Waals surface area contributed by atoms with Crippen molar-refractivity contribution in [2.45, 2.75) is 0 Å². The molecule has 1 aromatic rings. The number of nitriles is 1. The van der Waals surface area contributed by atoms with Gasteiger partial charge in [0.1, 0.15) is 11.1 Å². The first-order chi connectivity index (χ1) is 6.63. The van der Waals surface area contributed by atoms with Crippen LogP contribution in [0.3, 0.4) is 0 Å². The largest absolute Gasteiger partial charge is 0.389 e. The molecule has 2 N–H and O–H groups in total. The Morgan fingerprint density at radius 1 is 1.43 bits per heavy atom. The van der Waals surface area contributed by atoms with Gasteiger partial charge in [-0.25, -0.2) is 0 Å². The molecule has 70 valence electrons. The van der Waals surface area contributed by atoms with Gasteiger partial charge in [0.05, 0.1) is 5.57 Å². The first-order valence-electron chi connectivity index (χ1n) is 3.80. The number of nitrogens with zero attached hydrogens (tertiary/aromatic N) is 1. The lowest BCUT2D eigenvalue weighted by Gasteiger charge is -1.96. The monoisotopic (exact) mass is 266 g/mol. The van der Waals surface area contributed by atoms with E-state index in [0.717, 1.165) is 10.0 Å². The van der Waals surface area contributed by atoms with Crippen LogP contribution in [0.15, 0.2) is 34.3 Å². The summed E-state index contributed by atoms with van der Waals surface area (Å²) in [6.45, 7) is 0. The molecule has 0 atom stereocenters. The molecule has 0 bridgehead atoms. The second-order valence-corrected chi connectivity index (χ2v) is 3.94. The van der Waals surface area contributed by atoms with E-state index in [1.807, 2.05) is 30.3 Å². The predicted octanol–water partition coefficient (Wildman–Crippen LogP) is 2.64. The third-order valence-corrected chi connectivity index (χ3v) is 2.32. The van der Waals surface area contributed by atoms with Crippen LogP contribution in [-0.2, 0) is 0 Å². The Hall–Kier alpha value is -1.18. The molecule has 14 heavy (non-hydrogen) atoms. The maximum Gasteiger partial charge on any atom is 0.114 e. The maximum absolute atomic E-state index is 8.72. The fraction of sp³-hybridized carbons (Fsp3) is 0. The number of hydrogen-bond acceptors (Lipinski definition) is 2. The van der Waals surface area contributed by atoms with E-state index in [4.69, 9.17) is 23.2 Å². The second kappa shape index (κ2) is 4.89. The molecule has 4 heteroatoms. The molecule has 0 amide bonds. The maximum atomic E-state index is 8.72. The van der Waals surface area contributed by atoms with Crippen molar-refractivity contribution in [3.8, 4) is 6.07 Å². The average molecular weight is 267 g/mol. The van der Waals surface area contributed by atoms with Crippen molar-refractivity contribution in [3.63, 3.8) is 0 Å². The van der Waals surface area contributed by atoms with E-state index in [9.17, 15) is 0 Å². The van der Waals surface area contributed by atoms with Crippen LogP contribution >= 0.6 is 28.1 Å². The van der Waals surface area contributed by atoms with Gasteiger partial charge in [0.15, 0.2) is 0 Å². The molecule has 1 rings (SSSR count). The van der Waals surface area contributed by atoms with Crippen molar-refractivity contribution >= 4 is 39.2 Å². The fourth-order valence-corrected chi connectivity index (χ4v) is 1.25. The minimum Gasteiger partial charge on any atom is -0.389 e. The first-order valence-corrected chi connectivity index (χ1v) is 5.01. The number of thiocarbonyl (C=S) groups is 1. The van der Waals surface area contributed by atoms with Crippen molar-refractivity contribution in [1.29, 1.82) is 5.26 Å². The van der Waals surface area contributed by atoms with Gasteiger partial charge in [0.25, 0.3) is 0 Å². The number of rotatable bonds is 2. The summed E-state index contributed by atoms with van der Waals surface area (Å²) < 4.78 is 0.989. The SMILES string of the molecule is N#C/C(=C\c1ccc(Br)cc1)C(N)=S. The van der Waals surface area contributed by atoms with E-state index in [-0.39, 0.29) is 4.99 Å². The summed E-state index contributed by atoms with van der Waals surface area (Å²) in [5, 5.41) is 8.72. The third kappa shape index (κ3) is 2.95. The Kier molecular flexibility index (Phi) is 3.81. The lowest BCUT2D eigenvalue weighted by Crippen LogP contribution is -2.09. The van der Waals surface area contributed by atoms with E-state index in [1.54, 1.807) is 6.08 Å². The molecule has 0 heterocycles. The Morgan fingerprint density at radius 2 is 2.00 bits per heavy atom. The fourth-order valence-electron chi connectivity index (χ4n) is 0.884. The van der Waals surface area contributed by atoms with Gasteiger partial charge in [-0.2, -0.15) is 5.26 Å². The summed E-state index contributed by atoms with van der Waals surface area (Å²) in [5.41, 5.74) is 6.58. The van der Waals surface area contributed by atoms with E-state index in [2.05, 4.69) is 15.9 Å². The zero-order valence-corrected chi connectivity index (χ0v) is 9.60. The molecule has 0 radical (unpaired) electrons. The normalized spacial score (nSPS) is 10.7. The van der Waals surface area contributed by atoms with E-state index >= 15 is 0 Å². The van der Waals surface area contributed by atoms with E-state index < -0.39 is 0 Å². The van der Waals surface area contributed by atoms with Crippen LogP contribution in [0.25, 0.3) is 6.08 Å². The van der Waals surface area contributed by atoms with Crippen molar-refractivity contribution in [1.82, 2.24) is 0 Å². The smallest absolute Gasteiger partial charge is 0.114 e. The molecule has 0 saturated carbocycles. The van der Waals surface area contributed by atoms with Gasteiger partial charge < -0.3 is 5.73 Å². The standard InChI is InChI=1S/C10H7BrN2S/c11-9-3-1-7(2-4-9)5-8(6-12)10(13)14/h1-5H,(H2,13,14)/b8-5+. The Labute approximate surface area is 96.2 Å². The number of benzene rings is 1. The quantitative estimate of drug-likeness (QED) is 0.509. The molecular formula is C10H7BrN2S. The molecule has 0 fully saturated rings. The zero-order chi connectivity index (χ0) is 10.6. The summed E-state index contributed by atoms with van der Waals surface area (Å²) >= 11 is 8.04. The van der Waals surface area contributed by atoms with Gasteiger partial charge >= 0.3 is 0 Å². The number of halogens is 1. The number of nitrogens with two attached hydrogens (primary N) is 1. The van der Waals surface area contributed by atoms with Crippen molar-refractivity contribution in [3.05, 3.63) is 39.9 Å². The molecule has 0 aliphatic carbocycles. The first kappa shape index (κ1) is 10.9. The van der Waals surface area contributed by atoms with Crippen LogP contribution < -0.4 is 5.73 Å². The summed E-state index contributed by atoms with van der Waals surface area (Å²) in [6.07, 6.45) is 1.66. The number of hydrogen-bond donors (Lipinski definition) is 1. The molecule has 0 aromatic heterocycles. The summed E-state index contributed by atoms with van der Waals surface area (Å²) in [6, 6.07) is 9.48. The third-order valence-electron chi connectivity index (χ3n) is 1.57. The van der Waals surface area contributed by atoms with Crippen LogP contribution in [0.1, 0.15) is 5.56 Å². The molecular weight excluding hydrogens is 260 g/mol. The highest BCUT2D eigenvalue weighted by Crippen LogP contribution is 2.13. The van der Waals surface area contributed by atoms with Crippen LogP contribution in [0, 0.1) is 11.3 Å². The molecule has 0 saturated heterocycles. The predicted molar refractivity (Wildman–Crippen MR) is 64.5 cm³/mol. The van der Waals surface area contributed by atoms with Gasteiger partial charge in [-0.3, -0.25) is 0 Å². The molecule has 0 unspecified atom stereocenters. The Balaban J connectivity index is 3.03. The highest BCUT2D eigenvalue weighted by Gasteiger charge is 1.98. The molecule has 0 aliphatic heterocycles. The summed E-state index contributed by atoms with van der Waals surface area (Å²) in [7, 11) is 0.